The van der Waals surface area contributed by atoms with E-state index < -0.39 is 0 Å². The zero-order chi connectivity index (χ0) is 19.4. The molecule has 0 unspecified atom stereocenters. The summed E-state index contributed by atoms with van der Waals surface area (Å²) in [5, 5.41) is 0.993. The van der Waals surface area contributed by atoms with Crippen LogP contribution in [0.25, 0.3) is 10.9 Å². The number of rotatable bonds is 6. The number of benzene rings is 2. The Bertz CT molecular complexity index is 1020. The fourth-order valence-corrected chi connectivity index (χ4v) is 3.41. The van der Waals surface area contributed by atoms with Gasteiger partial charge >= 0.3 is 0 Å². The highest BCUT2D eigenvalue weighted by Gasteiger charge is 2.15. The molecule has 3 rings (SSSR count). The Hall–Kier alpha value is -2.88. The van der Waals surface area contributed by atoms with Crippen LogP contribution in [-0.2, 0) is 17.8 Å². The van der Waals surface area contributed by atoms with Gasteiger partial charge < -0.3 is 9.88 Å². The van der Waals surface area contributed by atoms with Crippen LogP contribution in [0.1, 0.15) is 35.6 Å². The summed E-state index contributed by atoms with van der Waals surface area (Å²) in [4.78, 5) is 29.8. The fourth-order valence-electron chi connectivity index (χ4n) is 3.41. The summed E-state index contributed by atoms with van der Waals surface area (Å²) in [5.74, 6) is 0.0623. The minimum atomic E-state index is -0.124. The molecule has 0 saturated heterocycles. The van der Waals surface area contributed by atoms with Gasteiger partial charge in [-0.25, -0.2) is 0 Å². The maximum atomic E-state index is 12.6. The summed E-state index contributed by atoms with van der Waals surface area (Å²) in [5.41, 5.74) is 4.85. The van der Waals surface area contributed by atoms with Crippen LogP contribution in [0.3, 0.4) is 0 Å². The molecule has 2 aromatic carbocycles. The van der Waals surface area contributed by atoms with Crippen molar-refractivity contribution in [2.45, 2.75) is 40.2 Å². The number of fused-ring (bicyclic) bond motifs is 1. The lowest BCUT2D eigenvalue weighted by Crippen LogP contribution is -2.34. The predicted molar refractivity (Wildman–Crippen MR) is 110 cm³/mol. The molecule has 0 radical (unpaired) electrons. The van der Waals surface area contributed by atoms with E-state index in [9.17, 15) is 9.59 Å². The standard InChI is InChI=1S/C23H26N2O2/c1-4-21(26)25(13-12-18-10-6-5-8-16(18)2)15-20-14-19-11-7-9-17(3)22(19)24-23(20)27/h5-11,14H,4,12-13,15H2,1-3H3,(H,24,27). The van der Waals surface area contributed by atoms with Gasteiger partial charge in [0.1, 0.15) is 0 Å². The molecular formula is C23H26N2O2. The van der Waals surface area contributed by atoms with Crippen LogP contribution < -0.4 is 5.56 Å². The molecule has 0 aliphatic heterocycles. The lowest BCUT2D eigenvalue weighted by atomic mass is 10.1. The second-order valence-electron chi connectivity index (χ2n) is 7.01. The molecule has 0 fully saturated rings. The molecule has 1 heterocycles. The zero-order valence-electron chi connectivity index (χ0n) is 16.2. The smallest absolute Gasteiger partial charge is 0.253 e. The van der Waals surface area contributed by atoms with Gasteiger partial charge in [-0.15, -0.1) is 0 Å². The highest BCUT2D eigenvalue weighted by molar-refractivity contribution is 5.82. The number of aryl methyl sites for hydroxylation is 2. The van der Waals surface area contributed by atoms with Gasteiger partial charge in [-0.3, -0.25) is 9.59 Å². The van der Waals surface area contributed by atoms with Crippen molar-refractivity contribution in [3.05, 3.63) is 81.1 Å². The van der Waals surface area contributed by atoms with Gasteiger partial charge in [0.15, 0.2) is 0 Å². The molecule has 0 atom stereocenters. The maximum Gasteiger partial charge on any atom is 0.253 e. The van der Waals surface area contributed by atoms with Crippen molar-refractivity contribution in [1.29, 1.82) is 0 Å². The van der Waals surface area contributed by atoms with E-state index in [4.69, 9.17) is 0 Å². The van der Waals surface area contributed by atoms with Crippen LogP contribution in [0.2, 0.25) is 0 Å². The molecule has 0 spiro atoms. The first kappa shape index (κ1) is 18.9. The summed E-state index contributed by atoms with van der Waals surface area (Å²) in [6.07, 6.45) is 1.21. The predicted octanol–water partition coefficient (Wildman–Crippen LogP) is 4.13. The van der Waals surface area contributed by atoms with E-state index in [-0.39, 0.29) is 11.5 Å². The van der Waals surface area contributed by atoms with Crippen LogP contribution in [-0.4, -0.2) is 22.3 Å². The third kappa shape index (κ3) is 4.27. The molecule has 4 heteroatoms. The Morgan fingerprint density at radius 1 is 1.00 bits per heavy atom. The highest BCUT2D eigenvalue weighted by atomic mass is 16.2. The van der Waals surface area contributed by atoms with Crippen molar-refractivity contribution in [2.75, 3.05) is 6.54 Å². The number of hydrogen-bond donors (Lipinski definition) is 1. The fraction of sp³-hybridized carbons (Fsp3) is 0.304. The maximum absolute atomic E-state index is 12.6. The summed E-state index contributed by atoms with van der Waals surface area (Å²) in [7, 11) is 0. The van der Waals surface area contributed by atoms with Crippen molar-refractivity contribution in [2.24, 2.45) is 0 Å². The molecule has 0 bridgehead atoms. The van der Waals surface area contributed by atoms with Crippen molar-refractivity contribution in [3.63, 3.8) is 0 Å². The molecule has 1 aromatic heterocycles. The third-order valence-electron chi connectivity index (χ3n) is 5.09. The summed E-state index contributed by atoms with van der Waals surface area (Å²) in [6, 6.07) is 16.1. The number of carbonyl (C=O) groups is 1. The van der Waals surface area contributed by atoms with Crippen LogP contribution in [0.4, 0.5) is 0 Å². The number of para-hydroxylation sites is 1. The highest BCUT2D eigenvalue weighted by Crippen LogP contribution is 2.16. The first-order valence-corrected chi connectivity index (χ1v) is 9.43. The van der Waals surface area contributed by atoms with Gasteiger partial charge in [0.25, 0.3) is 5.56 Å². The van der Waals surface area contributed by atoms with Gasteiger partial charge in [-0.1, -0.05) is 49.4 Å². The largest absolute Gasteiger partial charge is 0.338 e. The number of nitrogens with zero attached hydrogens (tertiary/aromatic N) is 1. The molecule has 4 nitrogen and oxygen atoms in total. The van der Waals surface area contributed by atoms with Crippen molar-refractivity contribution in [1.82, 2.24) is 9.88 Å². The van der Waals surface area contributed by atoms with Gasteiger partial charge in [0.05, 0.1) is 12.1 Å². The Kier molecular flexibility index (Phi) is 5.75. The topological polar surface area (TPSA) is 53.2 Å². The minimum absolute atomic E-state index is 0.0623. The second-order valence-corrected chi connectivity index (χ2v) is 7.01. The number of H-pyrrole nitrogens is 1. The van der Waals surface area contributed by atoms with E-state index in [0.29, 0.717) is 25.1 Å². The molecule has 27 heavy (non-hydrogen) atoms. The van der Waals surface area contributed by atoms with E-state index in [1.807, 2.05) is 50.2 Å². The molecule has 3 aromatic rings. The number of nitrogens with one attached hydrogen (secondary N) is 1. The van der Waals surface area contributed by atoms with Gasteiger partial charge in [-0.05, 0) is 48.4 Å². The SMILES string of the molecule is CCC(=O)N(CCc1ccccc1C)Cc1cc2cccc(C)c2[nH]c1=O. The molecule has 1 amide bonds. The Labute approximate surface area is 159 Å². The van der Waals surface area contributed by atoms with Crippen molar-refractivity contribution >= 4 is 16.8 Å². The molecule has 0 aliphatic rings. The third-order valence-corrected chi connectivity index (χ3v) is 5.09. The summed E-state index contributed by atoms with van der Waals surface area (Å²) in [6.45, 7) is 6.85. The van der Waals surface area contributed by atoms with Crippen LogP contribution in [0.5, 0.6) is 0 Å². The van der Waals surface area contributed by atoms with Crippen LogP contribution >= 0.6 is 0 Å². The average Bonchev–Trinajstić information content (AvgIpc) is 2.66. The Balaban J connectivity index is 1.85. The first-order valence-electron chi connectivity index (χ1n) is 9.43. The first-order chi connectivity index (χ1) is 13.0. The quantitative estimate of drug-likeness (QED) is 0.717. The molecule has 0 aliphatic carbocycles. The van der Waals surface area contributed by atoms with Gasteiger partial charge in [-0.2, -0.15) is 0 Å². The molecule has 140 valence electrons. The van der Waals surface area contributed by atoms with Crippen LogP contribution in [0, 0.1) is 13.8 Å². The van der Waals surface area contributed by atoms with E-state index >= 15 is 0 Å². The zero-order valence-corrected chi connectivity index (χ0v) is 16.2. The number of carbonyl (C=O) groups excluding carboxylic acids is 1. The Morgan fingerprint density at radius 3 is 2.48 bits per heavy atom. The normalized spacial score (nSPS) is 10.9. The van der Waals surface area contributed by atoms with E-state index in [1.54, 1.807) is 4.90 Å². The van der Waals surface area contributed by atoms with E-state index in [0.717, 1.165) is 22.9 Å². The number of aromatic amines is 1. The molecule has 0 saturated carbocycles. The van der Waals surface area contributed by atoms with Crippen LogP contribution in [0.15, 0.2) is 53.3 Å². The van der Waals surface area contributed by atoms with E-state index in [1.165, 1.54) is 11.1 Å². The molecule has 1 N–H and O–H groups in total. The Morgan fingerprint density at radius 2 is 1.74 bits per heavy atom. The number of aromatic nitrogens is 1. The average molecular weight is 362 g/mol. The minimum Gasteiger partial charge on any atom is -0.338 e. The number of amides is 1. The number of hydrogen-bond acceptors (Lipinski definition) is 2. The van der Waals surface area contributed by atoms with Gasteiger partial charge in [0, 0.05) is 18.5 Å². The number of pyridine rings is 1. The van der Waals surface area contributed by atoms with E-state index in [2.05, 4.69) is 24.0 Å². The monoisotopic (exact) mass is 362 g/mol. The second kappa shape index (κ2) is 8.21. The van der Waals surface area contributed by atoms with Crippen molar-refractivity contribution in [3.8, 4) is 0 Å². The summed E-state index contributed by atoms with van der Waals surface area (Å²) < 4.78 is 0. The van der Waals surface area contributed by atoms with Gasteiger partial charge in [0.2, 0.25) is 5.91 Å². The lowest BCUT2D eigenvalue weighted by Gasteiger charge is -2.23. The van der Waals surface area contributed by atoms with Crippen molar-refractivity contribution < 1.29 is 4.79 Å². The summed E-state index contributed by atoms with van der Waals surface area (Å²) >= 11 is 0. The lowest BCUT2D eigenvalue weighted by molar-refractivity contribution is -0.131. The molecular weight excluding hydrogens is 336 g/mol.